The highest BCUT2D eigenvalue weighted by atomic mass is 16.5. The summed E-state index contributed by atoms with van der Waals surface area (Å²) < 4.78 is 10.4. The van der Waals surface area contributed by atoms with E-state index < -0.39 is 12.1 Å². The van der Waals surface area contributed by atoms with Crippen molar-refractivity contribution in [2.45, 2.75) is 13.0 Å². The molecule has 6 heteroatoms. The highest BCUT2D eigenvalue weighted by Gasteiger charge is 2.35. The molecule has 2 rings (SSSR count). The molecule has 1 atom stereocenters. The zero-order chi connectivity index (χ0) is 14.7. The number of nitrogens with one attached hydrogen (secondary N) is 1. The van der Waals surface area contributed by atoms with Crippen LogP contribution in [0.2, 0.25) is 0 Å². The molecule has 0 aromatic heterocycles. The number of amides is 3. The molecule has 1 aromatic carbocycles. The highest BCUT2D eigenvalue weighted by molar-refractivity contribution is 5.88. The smallest absolute Gasteiger partial charge is 0.329 e. The van der Waals surface area contributed by atoms with E-state index >= 15 is 0 Å². The number of hydrogen-bond donors (Lipinski definition) is 1. The van der Waals surface area contributed by atoms with E-state index in [-0.39, 0.29) is 0 Å². The van der Waals surface area contributed by atoms with Crippen LogP contribution in [0, 0.1) is 0 Å². The second-order valence-corrected chi connectivity index (χ2v) is 4.31. The Morgan fingerprint density at radius 1 is 1.20 bits per heavy atom. The third kappa shape index (κ3) is 2.32. The molecule has 0 saturated heterocycles. The molecule has 0 saturated carbocycles. The van der Waals surface area contributed by atoms with Crippen LogP contribution in [0.3, 0.4) is 0 Å². The summed E-state index contributed by atoms with van der Waals surface area (Å²) in [6, 6.07) is 6.09. The highest BCUT2D eigenvalue weighted by Crippen LogP contribution is 2.33. The van der Waals surface area contributed by atoms with Crippen molar-refractivity contribution in [3.63, 3.8) is 0 Å². The van der Waals surface area contributed by atoms with E-state index in [9.17, 15) is 9.59 Å². The Morgan fingerprint density at radius 2 is 1.85 bits per heavy atom. The zero-order valence-corrected chi connectivity index (χ0v) is 11.5. The monoisotopic (exact) mass is 276 g/mol. The van der Waals surface area contributed by atoms with Crippen molar-refractivity contribution in [2.75, 3.05) is 14.2 Å². The van der Waals surface area contributed by atoms with Gasteiger partial charge in [-0.1, -0.05) is 12.1 Å². The average Bonchev–Trinajstić information content (AvgIpc) is 2.46. The second-order valence-electron chi connectivity index (χ2n) is 4.31. The molecule has 0 bridgehead atoms. The van der Waals surface area contributed by atoms with Gasteiger partial charge in [-0.05, 0) is 24.6 Å². The summed E-state index contributed by atoms with van der Waals surface area (Å²) in [5.74, 6) is 1.23. The predicted octanol–water partition coefficient (Wildman–Crippen LogP) is 1.80. The molecule has 1 N–H and O–H groups in total. The molecular formula is C14H16N2O4. The first kappa shape index (κ1) is 13.9. The molecule has 0 spiro atoms. The van der Waals surface area contributed by atoms with Gasteiger partial charge in [-0.15, -0.1) is 0 Å². The Balaban J connectivity index is 2.49. The van der Waals surface area contributed by atoms with E-state index in [4.69, 9.17) is 9.47 Å². The van der Waals surface area contributed by atoms with Crippen LogP contribution in [0.25, 0.3) is 0 Å². The van der Waals surface area contributed by atoms with Crippen molar-refractivity contribution in [3.05, 3.63) is 41.3 Å². The molecular weight excluding hydrogens is 260 g/mol. The van der Waals surface area contributed by atoms with Crippen molar-refractivity contribution in [1.29, 1.82) is 0 Å². The van der Waals surface area contributed by atoms with E-state index in [1.54, 1.807) is 38.3 Å². The lowest BCUT2D eigenvalue weighted by Crippen LogP contribution is -2.46. The zero-order valence-electron chi connectivity index (χ0n) is 11.5. The summed E-state index contributed by atoms with van der Waals surface area (Å²) >= 11 is 0. The van der Waals surface area contributed by atoms with E-state index in [0.717, 1.165) is 10.5 Å². The second kappa shape index (κ2) is 5.64. The average molecular weight is 276 g/mol. The number of carbonyl (C=O) groups is 2. The van der Waals surface area contributed by atoms with Gasteiger partial charge in [0.05, 0.1) is 19.9 Å². The van der Waals surface area contributed by atoms with E-state index in [1.807, 2.05) is 0 Å². The molecule has 3 amide bonds. The lowest BCUT2D eigenvalue weighted by molar-refractivity contribution is -0.117. The van der Waals surface area contributed by atoms with Gasteiger partial charge in [0, 0.05) is 0 Å². The minimum absolute atomic E-state index is 0.473. The number of nitrogens with zero attached hydrogens (tertiary/aromatic N) is 1. The third-order valence-electron chi connectivity index (χ3n) is 3.19. The quantitative estimate of drug-likeness (QED) is 0.851. The SMILES string of the molecule is COC1=C(C)NC(=O)N(C=O)C1c1ccc(OC)cc1. The standard InChI is InChI=1S/C14H16N2O4/c1-9-13(20-3)12(16(8-17)14(18)15-9)10-4-6-11(19-2)7-5-10/h4-8,12H,1-3H3,(H,15,18). The van der Waals surface area contributed by atoms with Crippen LogP contribution in [-0.2, 0) is 9.53 Å². The number of allylic oxidation sites excluding steroid dienone is 1. The normalized spacial score (nSPS) is 18.6. The van der Waals surface area contributed by atoms with Gasteiger partial charge in [0.25, 0.3) is 0 Å². The summed E-state index contributed by atoms with van der Waals surface area (Å²) in [7, 11) is 3.08. The lowest BCUT2D eigenvalue weighted by atomic mass is 10.0. The summed E-state index contributed by atoms with van der Waals surface area (Å²) in [6.07, 6.45) is 0.496. The van der Waals surface area contributed by atoms with Gasteiger partial charge in [0.1, 0.15) is 17.6 Å². The number of carbonyl (C=O) groups excluding carboxylic acids is 2. The first-order chi connectivity index (χ1) is 9.62. The maximum absolute atomic E-state index is 11.9. The molecule has 1 unspecified atom stereocenters. The van der Waals surface area contributed by atoms with Crippen LogP contribution in [-0.4, -0.2) is 31.6 Å². The van der Waals surface area contributed by atoms with Gasteiger partial charge in [0.2, 0.25) is 6.41 Å². The molecule has 0 aliphatic carbocycles. The van der Waals surface area contributed by atoms with Crippen LogP contribution in [0.15, 0.2) is 35.7 Å². The predicted molar refractivity (Wildman–Crippen MR) is 71.9 cm³/mol. The lowest BCUT2D eigenvalue weighted by Gasteiger charge is -2.33. The number of methoxy groups -OCH3 is 2. The summed E-state index contributed by atoms with van der Waals surface area (Å²) in [5, 5.41) is 2.59. The number of urea groups is 1. The Bertz CT molecular complexity index is 551. The van der Waals surface area contributed by atoms with Gasteiger partial charge < -0.3 is 14.8 Å². The fourth-order valence-corrected chi connectivity index (χ4v) is 2.21. The van der Waals surface area contributed by atoms with Crippen molar-refractivity contribution in [1.82, 2.24) is 10.2 Å². The first-order valence-electron chi connectivity index (χ1n) is 6.05. The minimum atomic E-state index is -0.572. The van der Waals surface area contributed by atoms with Crippen LogP contribution in [0.4, 0.5) is 4.79 Å². The Morgan fingerprint density at radius 3 is 2.35 bits per heavy atom. The van der Waals surface area contributed by atoms with E-state index in [1.165, 1.54) is 7.11 Å². The van der Waals surface area contributed by atoms with Crippen molar-refractivity contribution in [3.8, 4) is 5.75 Å². The van der Waals surface area contributed by atoms with Crippen molar-refractivity contribution >= 4 is 12.4 Å². The molecule has 106 valence electrons. The van der Waals surface area contributed by atoms with Gasteiger partial charge in [0.15, 0.2) is 0 Å². The van der Waals surface area contributed by atoms with E-state index in [0.29, 0.717) is 23.6 Å². The van der Waals surface area contributed by atoms with E-state index in [2.05, 4.69) is 5.32 Å². The largest absolute Gasteiger partial charge is 0.497 e. The van der Waals surface area contributed by atoms with Gasteiger partial charge in [-0.25, -0.2) is 4.79 Å². The molecule has 1 aromatic rings. The van der Waals surface area contributed by atoms with Crippen LogP contribution in [0.1, 0.15) is 18.5 Å². The van der Waals surface area contributed by atoms with Gasteiger partial charge in [-0.3, -0.25) is 9.69 Å². The Kier molecular flexibility index (Phi) is 3.93. The van der Waals surface area contributed by atoms with Crippen molar-refractivity contribution < 1.29 is 19.1 Å². The minimum Gasteiger partial charge on any atom is -0.497 e. The molecule has 1 heterocycles. The molecule has 0 radical (unpaired) electrons. The maximum Gasteiger partial charge on any atom is 0.329 e. The molecule has 6 nitrogen and oxygen atoms in total. The first-order valence-corrected chi connectivity index (χ1v) is 6.05. The summed E-state index contributed by atoms with van der Waals surface area (Å²) in [4.78, 5) is 24.1. The molecule has 0 fully saturated rings. The number of rotatable bonds is 4. The van der Waals surface area contributed by atoms with Crippen LogP contribution in [0.5, 0.6) is 5.75 Å². The van der Waals surface area contributed by atoms with Crippen LogP contribution >= 0.6 is 0 Å². The number of ether oxygens (including phenoxy) is 2. The van der Waals surface area contributed by atoms with Crippen LogP contribution < -0.4 is 10.1 Å². The van der Waals surface area contributed by atoms with Gasteiger partial charge in [-0.2, -0.15) is 0 Å². The number of imide groups is 1. The summed E-state index contributed by atoms with van der Waals surface area (Å²) in [5.41, 5.74) is 1.36. The summed E-state index contributed by atoms with van der Waals surface area (Å²) in [6.45, 7) is 1.73. The van der Waals surface area contributed by atoms with Gasteiger partial charge >= 0.3 is 6.03 Å². The third-order valence-corrected chi connectivity index (χ3v) is 3.19. The fourth-order valence-electron chi connectivity index (χ4n) is 2.21. The van der Waals surface area contributed by atoms with Crippen molar-refractivity contribution in [2.24, 2.45) is 0 Å². The fraction of sp³-hybridized carbons (Fsp3) is 0.286. The maximum atomic E-state index is 11.9. The number of hydrogen-bond acceptors (Lipinski definition) is 4. The Labute approximate surface area is 117 Å². The number of benzene rings is 1. The Hall–Kier alpha value is -2.50. The topological polar surface area (TPSA) is 67.9 Å². The molecule has 20 heavy (non-hydrogen) atoms. The molecule has 1 aliphatic heterocycles. The molecule has 1 aliphatic rings.